The van der Waals surface area contributed by atoms with Crippen molar-refractivity contribution in [1.82, 2.24) is 34.9 Å². The van der Waals surface area contributed by atoms with Crippen molar-refractivity contribution in [2.75, 3.05) is 25.5 Å². The second-order valence-corrected chi connectivity index (χ2v) is 12.4. The minimum Gasteiger partial charge on any atom is -0.453 e. The first kappa shape index (κ1) is 28.9. The number of alkyl carbamates (subject to hydrolysis) is 1. The smallest absolute Gasteiger partial charge is 0.407 e. The highest BCUT2D eigenvalue weighted by molar-refractivity contribution is 7.20. The number of anilines is 1. The van der Waals surface area contributed by atoms with Crippen molar-refractivity contribution in [3.63, 3.8) is 0 Å². The van der Waals surface area contributed by atoms with Gasteiger partial charge in [0.15, 0.2) is 10.8 Å². The van der Waals surface area contributed by atoms with E-state index in [0.717, 1.165) is 64.7 Å². The van der Waals surface area contributed by atoms with E-state index in [0.29, 0.717) is 12.4 Å². The van der Waals surface area contributed by atoms with Crippen LogP contribution in [0, 0.1) is 5.92 Å². The summed E-state index contributed by atoms with van der Waals surface area (Å²) in [5, 5.41) is 8.81. The van der Waals surface area contributed by atoms with E-state index in [-0.39, 0.29) is 29.8 Å². The molecule has 4 N–H and O–H groups in total. The van der Waals surface area contributed by atoms with Crippen LogP contribution >= 0.6 is 11.3 Å². The molecule has 5 heterocycles. The van der Waals surface area contributed by atoms with Crippen LogP contribution in [0.25, 0.3) is 26.7 Å². The lowest BCUT2D eigenvalue weighted by Crippen LogP contribution is -2.51. The molecule has 43 heavy (non-hydrogen) atoms. The number of benzene rings is 1. The van der Waals surface area contributed by atoms with Crippen LogP contribution in [-0.4, -0.2) is 74.4 Å². The second-order valence-electron chi connectivity index (χ2n) is 11.4. The molecule has 0 radical (unpaired) electrons. The predicted octanol–water partition coefficient (Wildman–Crippen LogP) is 4.19. The third kappa shape index (κ3) is 6.00. The van der Waals surface area contributed by atoms with Crippen molar-refractivity contribution < 1.29 is 19.1 Å². The maximum absolute atomic E-state index is 13.4. The number of likely N-dealkylation sites (tertiary alicyclic amines) is 1. The summed E-state index contributed by atoms with van der Waals surface area (Å²) in [5.74, 6) is 1.03. The van der Waals surface area contributed by atoms with Gasteiger partial charge in [-0.05, 0) is 49.3 Å². The van der Waals surface area contributed by atoms with E-state index >= 15 is 0 Å². The third-order valence-corrected chi connectivity index (χ3v) is 9.15. The number of thiazole rings is 1. The first-order valence-corrected chi connectivity index (χ1v) is 15.5. The zero-order valence-corrected chi connectivity index (χ0v) is 25.2. The summed E-state index contributed by atoms with van der Waals surface area (Å²) in [6.45, 7) is 5.28. The quantitative estimate of drug-likeness (QED) is 0.236. The molecule has 0 bridgehead atoms. The predicted molar refractivity (Wildman–Crippen MR) is 164 cm³/mol. The second kappa shape index (κ2) is 12.2. The van der Waals surface area contributed by atoms with Gasteiger partial charge < -0.3 is 30.6 Å². The van der Waals surface area contributed by atoms with Crippen LogP contribution < -0.4 is 16.0 Å². The van der Waals surface area contributed by atoms with Crippen LogP contribution in [0.4, 0.5) is 10.6 Å². The van der Waals surface area contributed by atoms with Crippen molar-refractivity contribution in [2.24, 2.45) is 5.92 Å². The Morgan fingerprint density at radius 3 is 2.58 bits per heavy atom. The van der Waals surface area contributed by atoms with E-state index in [4.69, 9.17) is 4.74 Å². The largest absolute Gasteiger partial charge is 0.453 e. The van der Waals surface area contributed by atoms with Crippen molar-refractivity contribution in [3.8, 4) is 21.7 Å². The van der Waals surface area contributed by atoms with Gasteiger partial charge in [-0.2, -0.15) is 0 Å². The van der Waals surface area contributed by atoms with Crippen LogP contribution in [0.5, 0.6) is 0 Å². The topological polar surface area (TPSA) is 146 Å². The van der Waals surface area contributed by atoms with Gasteiger partial charge in [-0.25, -0.2) is 14.8 Å². The normalized spacial score (nSPS) is 19.2. The van der Waals surface area contributed by atoms with E-state index in [1.165, 1.54) is 7.11 Å². The van der Waals surface area contributed by atoms with Gasteiger partial charge in [0.05, 0.1) is 42.2 Å². The van der Waals surface area contributed by atoms with Gasteiger partial charge in [-0.3, -0.25) is 14.0 Å². The van der Waals surface area contributed by atoms with Gasteiger partial charge in [0, 0.05) is 12.7 Å². The minimum atomic E-state index is -0.672. The average molecular weight is 605 g/mol. The summed E-state index contributed by atoms with van der Waals surface area (Å²) in [5.41, 5.74) is 2.91. The Morgan fingerprint density at radius 1 is 1.09 bits per heavy atom. The molecular formula is C30H36N8O4S. The van der Waals surface area contributed by atoms with Gasteiger partial charge >= 0.3 is 6.09 Å². The third-order valence-electron chi connectivity index (χ3n) is 8.10. The molecule has 0 unspecified atom stereocenters. The number of aromatic nitrogens is 4. The maximum Gasteiger partial charge on any atom is 0.407 e. The first-order chi connectivity index (χ1) is 20.8. The molecule has 3 amide bonds. The van der Waals surface area contributed by atoms with Crippen molar-refractivity contribution in [2.45, 2.75) is 57.7 Å². The Kier molecular flexibility index (Phi) is 8.17. The number of carbonyl (C=O) groups excluding carboxylic acids is 3. The number of fused-ring (bicyclic) bond motifs is 1. The number of nitrogens with one attached hydrogen (secondary N) is 4. The van der Waals surface area contributed by atoms with Crippen molar-refractivity contribution in [1.29, 1.82) is 0 Å². The van der Waals surface area contributed by atoms with E-state index in [9.17, 15) is 14.4 Å². The summed E-state index contributed by atoms with van der Waals surface area (Å²) in [4.78, 5) is 54.0. The number of ether oxygens (including phenoxy) is 1. The van der Waals surface area contributed by atoms with Gasteiger partial charge in [0.2, 0.25) is 11.8 Å². The van der Waals surface area contributed by atoms with Crippen LogP contribution in [0.2, 0.25) is 0 Å². The van der Waals surface area contributed by atoms with Crippen LogP contribution in [0.15, 0.2) is 42.9 Å². The summed E-state index contributed by atoms with van der Waals surface area (Å²) in [6, 6.07) is 7.21. The highest BCUT2D eigenvalue weighted by Gasteiger charge is 2.37. The van der Waals surface area contributed by atoms with Gasteiger partial charge in [0.25, 0.3) is 0 Å². The molecule has 3 aromatic heterocycles. The number of H-pyrrole nitrogens is 1. The molecule has 0 aliphatic carbocycles. The highest BCUT2D eigenvalue weighted by atomic mass is 32.1. The van der Waals surface area contributed by atoms with Gasteiger partial charge in [-0.1, -0.05) is 49.4 Å². The zero-order valence-electron chi connectivity index (χ0n) is 24.4. The molecular weight excluding hydrogens is 568 g/mol. The molecule has 12 nitrogen and oxygen atoms in total. The molecule has 2 aliphatic rings. The molecule has 0 saturated carbocycles. The van der Waals surface area contributed by atoms with Gasteiger partial charge in [0.1, 0.15) is 11.9 Å². The fraction of sp³-hybridized carbons (Fsp3) is 0.433. The fourth-order valence-electron chi connectivity index (χ4n) is 5.77. The Balaban J connectivity index is 1.13. The van der Waals surface area contributed by atoms with E-state index in [1.807, 2.05) is 47.7 Å². The summed E-state index contributed by atoms with van der Waals surface area (Å²) in [6.07, 6.45) is 8.56. The Hall–Kier alpha value is -4.23. The monoisotopic (exact) mass is 604 g/mol. The number of hydrogen-bond donors (Lipinski definition) is 4. The number of carbonyl (C=O) groups is 3. The number of nitrogens with zero attached hydrogens (tertiary/aromatic N) is 4. The molecule has 6 rings (SSSR count). The lowest BCUT2D eigenvalue weighted by atomic mass is 10.0. The van der Waals surface area contributed by atoms with E-state index in [2.05, 4.69) is 43.0 Å². The van der Waals surface area contributed by atoms with Crippen molar-refractivity contribution >= 4 is 40.0 Å². The highest BCUT2D eigenvalue weighted by Crippen LogP contribution is 2.34. The number of rotatable bonds is 8. The summed E-state index contributed by atoms with van der Waals surface area (Å²) < 4.78 is 6.67. The Labute approximate surface area is 253 Å². The van der Waals surface area contributed by atoms with Crippen molar-refractivity contribution in [3.05, 3.63) is 48.7 Å². The molecule has 0 spiro atoms. The molecule has 226 valence electrons. The average Bonchev–Trinajstić information content (AvgIpc) is 3.82. The molecule has 2 saturated heterocycles. The molecule has 2 aliphatic heterocycles. The lowest BCUT2D eigenvalue weighted by molar-refractivity contribution is -0.135. The standard InChI is InChI=1S/C30H36N8O4S/c1-17(2)25(36-30(41)42-3)28(40)38-13-5-7-22(38)26-32-14-21(33-26)18-8-10-19(11-9-18)23-15-37-16-24(35-29(37)43-23)34-27(39)20-6-4-12-31-20/h8-11,14-17,20,22,25,31H,4-7,12-13H2,1-3H3,(H,32,33)(H,34,39)(H,36,41)/t20-,22-,25-/m0/s1. The zero-order chi connectivity index (χ0) is 30.1. The molecule has 3 atom stereocenters. The van der Waals surface area contributed by atoms with E-state index < -0.39 is 12.1 Å². The minimum absolute atomic E-state index is 0.0383. The van der Waals surface area contributed by atoms with Crippen LogP contribution in [0.3, 0.4) is 0 Å². The number of imidazole rings is 2. The maximum atomic E-state index is 13.4. The molecule has 2 fully saturated rings. The van der Waals surface area contributed by atoms with Gasteiger partial charge in [-0.15, -0.1) is 0 Å². The fourth-order valence-corrected chi connectivity index (χ4v) is 6.74. The summed E-state index contributed by atoms with van der Waals surface area (Å²) in [7, 11) is 1.29. The first-order valence-electron chi connectivity index (χ1n) is 14.6. The number of amides is 3. The molecule has 13 heteroatoms. The van der Waals surface area contributed by atoms with Crippen LogP contribution in [-0.2, 0) is 14.3 Å². The SMILES string of the molecule is COC(=O)N[C@H](C(=O)N1CCC[C@H]1c1ncc(-c2ccc(-c3cn4cc(NC(=O)[C@@H]5CCCN5)nc4s3)cc2)[nH]1)C(C)C. The van der Waals surface area contributed by atoms with E-state index in [1.54, 1.807) is 17.5 Å². The Bertz CT molecular complexity index is 1590. The number of aromatic amines is 1. The number of methoxy groups -OCH3 is 1. The number of hydrogen-bond acceptors (Lipinski definition) is 8. The molecule has 1 aromatic carbocycles. The Morgan fingerprint density at radius 2 is 1.88 bits per heavy atom. The summed E-state index contributed by atoms with van der Waals surface area (Å²) >= 11 is 1.56. The van der Waals surface area contributed by atoms with Crippen LogP contribution in [0.1, 0.15) is 51.4 Å². The lowest BCUT2D eigenvalue weighted by Gasteiger charge is -2.30. The molecule has 4 aromatic rings.